The predicted molar refractivity (Wildman–Crippen MR) is 125 cm³/mol. The van der Waals surface area contributed by atoms with Gasteiger partial charge < -0.3 is 11.1 Å². The molecule has 33 heavy (non-hydrogen) atoms. The lowest BCUT2D eigenvalue weighted by atomic mass is 9.97. The van der Waals surface area contributed by atoms with Gasteiger partial charge in [0.05, 0.1) is 15.4 Å². The van der Waals surface area contributed by atoms with Gasteiger partial charge in [-0.05, 0) is 55.9 Å². The number of carbonyl (C=O) groups is 2. The molecule has 0 bridgehead atoms. The highest BCUT2D eigenvalue weighted by molar-refractivity contribution is 7.91. The minimum Gasteiger partial charge on any atom is -0.365 e. The molecule has 178 valence electrons. The number of nitrogens with two attached hydrogens (primary N) is 1. The van der Waals surface area contributed by atoms with Crippen LogP contribution in [-0.4, -0.2) is 52.3 Å². The maximum absolute atomic E-state index is 13.0. The number of benzene rings is 1. The molecule has 2 heterocycles. The summed E-state index contributed by atoms with van der Waals surface area (Å²) in [5.74, 6) is -1.22. The number of rotatable bonds is 6. The van der Waals surface area contributed by atoms with Crippen LogP contribution in [0.25, 0.3) is 0 Å². The number of fused-ring (bicyclic) bond motifs is 1. The van der Waals surface area contributed by atoms with E-state index in [1.165, 1.54) is 33.8 Å². The van der Waals surface area contributed by atoms with Gasteiger partial charge in [-0.15, -0.1) is 11.3 Å². The fourth-order valence-corrected chi connectivity index (χ4v) is 7.89. The van der Waals surface area contributed by atoms with Crippen molar-refractivity contribution in [2.75, 3.05) is 24.7 Å². The third-order valence-corrected chi connectivity index (χ3v) is 10.3. The van der Waals surface area contributed by atoms with Crippen LogP contribution in [0.1, 0.15) is 40.1 Å². The van der Waals surface area contributed by atoms with Crippen molar-refractivity contribution in [3.05, 3.63) is 40.3 Å². The summed E-state index contributed by atoms with van der Waals surface area (Å²) in [6, 6.07) is 5.28. The molecular formula is C21H25N3O6S3. The van der Waals surface area contributed by atoms with E-state index in [9.17, 15) is 26.4 Å². The van der Waals surface area contributed by atoms with Gasteiger partial charge in [0.1, 0.15) is 5.00 Å². The Morgan fingerprint density at radius 3 is 2.39 bits per heavy atom. The van der Waals surface area contributed by atoms with Gasteiger partial charge >= 0.3 is 0 Å². The molecule has 3 N–H and O–H groups in total. The molecule has 2 amide bonds. The number of sulfone groups is 1. The average Bonchev–Trinajstić information content (AvgIpc) is 3.34. The van der Waals surface area contributed by atoms with Gasteiger partial charge in [0.25, 0.3) is 5.91 Å². The van der Waals surface area contributed by atoms with Crippen LogP contribution in [0.3, 0.4) is 0 Å². The van der Waals surface area contributed by atoms with E-state index >= 15 is 0 Å². The molecule has 9 nitrogen and oxygen atoms in total. The fourth-order valence-electron chi connectivity index (χ4n) is 4.34. The average molecular weight is 512 g/mol. The highest BCUT2D eigenvalue weighted by atomic mass is 32.2. The number of nitrogens with one attached hydrogen (secondary N) is 1. The van der Waals surface area contributed by atoms with Crippen LogP contribution in [0.4, 0.5) is 5.00 Å². The minimum atomic E-state index is -3.89. The van der Waals surface area contributed by atoms with Gasteiger partial charge in [0.2, 0.25) is 15.9 Å². The van der Waals surface area contributed by atoms with Gasteiger partial charge in [-0.1, -0.05) is 6.07 Å². The molecule has 0 unspecified atom stereocenters. The largest absolute Gasteiger partial charge is 0.365 e. The molecule has 4 rings (SSSR count). The minimum absolute atomic E-state index is 0.0639. The number of hydrogen-bond donors (Lipinski definition) is 2. The third kappa shape index (κ3) is 4.70. The van der Waals surface area contributed by atoms with Crippen LogP contribution >= 0.6 is 11.3 Å². The van der Waals surface area contributed by atoms with Crippen molar-refractivity contribution in [1.29, 1.82) is 0 Å². The maximum Gasteiger partial charge on any atom is 0.251 e. The highest BCUT2D eigenvalue weighted by Crippen LogP contribution is 2.39. The summed E-state index contributed by atoms with van der Waals surface area (Å²) >= 11 is 1.39. The molecule has 1 aliphatic carbocycles. The Morgan fingerprint density at radius 2 is 1.76 bits per heavy atom. The van der Waals surface area contributed by atoms with Crippen molar-refractivity contribution in [1.82, 2.24) is 4.31 Å². The summed E-state index contributed by atoms with van der Waals surface area (Å²) in [4.78, 5) is 25.7. The maximum atomic E-state index is 13.0. The van der Waals surface area contributed by atoms with E-state index in [1.807, 2.05) is 0 Å². The van der Waals surface area contributed by atoms with Crippen molar-refractivity contribution >= 4 is 48.0 Å². The summed E-state index contributed by atoms with van der Waals surface area (Å²) in [5.41, 5.74) is 6.88. The van der Waals surface area contributed by atoms with Crippen LogP contribution < -0.4 is 11.1 Å². The van der Waals surface area contributed by atoms with Crippen molar-refractivity contribution in [3.63, 3.8) is 0 Å². The number of amides is 2. The summed E-state index contributed by atoms with van der Waals surface area (Å²) < 4.78 is 50.9. The smallest absolute Gasteiger partial charge is 0.251 e. The Labute approximate surface area is 196 Å². The lowest BCUT2D eigenvalue weighted by Gasteiger charge is -2.30. The monoisotopic (exact) mass is 511 g/mol. The van der Waals surface area contributed by atoms with Gasteiger partial charge in [0, 0.05) is 30.1 Å². The molecule has 2 aromatic rings. The Hall–Kier alpha value is -2.28. The van der Waals surface area contributed by atoms with Gasteiger partial charge in [-0.25, -0.2) is 16.8 Å². The number of aryl methyl sites for hydroxylation is 1. The quantitative estimate of drug-likeness (QED) is 0.605. The summed E-state index contributed by atoms with van der Waals surface area (Å²) in [6.07, 6.45) is 4.26. The second-order valence-electron chi connectivity index (χ2n) is 8.34. The molecule has 1 saturated heterocycles. The molecular weight excluding hydrogens is 486 g/mol. The standard InChI is InChI=1S/C21H25N3O6S3/c1-32(27,28)14-4-2-5-15(12-14)33(29,30)24-10-8-13(9-11-24)20(26)23-21-18(19(22)25)16-6-3-7-17(16)31-21/h2,4-5,12-13H,3,6-11H2,1H3,(H2,22,25)(H,23,26). The topological polar surface area (TPSA) is 144 Å². The first-order valence-corrected chi connectivity index (χ1v) is 14.7. The van der Waals surface area contributed by atoms with E-state index < -0.39 is 31.7 Å². The molecule has 1 aromatic heterocycles. The normalized spacial score (nSPS) is 17.6. The second kappa shape index (κ2) is 8.82. The molecule has 1 aliphatic heterocycles. The van der Waals surface area contributed by atoms with Gasteiger partial charge in [0.15, 0.2) is 9.84 Å². The molecule has 0 radical (unpaired) electrons. The summed E-state index contributed by atoms with van der Waals surface area (Å²) in [7, 11) is -7.43. The number of anilines is 1. The molecule has 1 fully saturated rings. The number of carbonyl (C=O) groups excluding carboxylic acids is 2. The number of thiophene rings is 1. The number of nitrogens with zero attached hydrogens (tertiary/aromatic N) is 1. The van der Waals surface area contributed by atoms with E-state index in [1.54, 1.807) is 0 Å². The van der Waals surface area contributed by atoms with E-state index in [0.29, 0.717) is 23.4 Å². The zero-order chi connectivity index (χ0) is 24.0. The lowest BCUT2D eigenvalue weighted by molar-refractivity contribution is -0.120. The molecule has 2 aliphatic rings. The number of primary amides is 1. The molecule has 0 spiro atoms. The van der Waals surface area contributed by atoms with Crippen molar-refractivity contribution in [2.45, 2.75) is 41.9 Å². The van der Waals surface area contributed by atoms with Crippen LogP contribution in [0.5, 0.6) is 0 Å². The number of sulfonamides is 1. The molecule has 0 saturated carbocycles. The SMILES string of the molecule is CS(=O)(=O)c1cccc(S(=O)(=O)N2CCC(C(=O)Nc3sc4c(c3C(N)=O)CCC4)CC2)c1. The van der Waals surface area contributed by atoms with Crippen LogP contribution in [-0.2, 0) is 37.5 Å². The molecule has 0 atom stereocenters. The van der Waals surface area contributed by atoms with Crippen molar-refractivity contribution < 1.29 is 26.4 Å². The van der Waals surface area contributed by atoms with E-state index in [-0.39, 0.29) is 28.8 Å². The fraction of sp³-hybridized carbons (Fsp3) is 0.429. The summed E-state index contributed by atoms with van der Waals surface area (Å²) in [5, 5.41) is 3.32. The first-order valence-electron chi connectivity index (χ1n) is 10.5. The third-order valence-electron chi connectivity index (χ3n) is 6.10. The lowest BCUT2D eigenvalue weighted by Crippen LogP contribution is -2.41. The number of piperidine rings is 1. The first kappa shape index (κ1) is 23.9. The predicted octanol–water partition coefficient (Wildman–Crippen LogP) is 1.78. The van der Waals surface area contributed by atoms with Gasteiger partial charge in [-0.3, -0.25) is 9.59 Å². The second-order valence-corrected chi connectivity index (χ2v) is 13.4. The summed E-state index contributed by atoms with van der Waals surface area (Å²) in [6.45, 7) is 0.264. The van der Waals surface area contributed by atoms with Gasteiger partial charge in [-0.2, -0.15) is 4.31 Å². The Balaban J connectivity index is 1.44. The molecule has 1 aromatic carbocycles. The van der Waals surface area contributed by atoms with Crippen molar-refractivity contribution in [2.24, 2.45) is 11.7 Å². The number of hydrogen-bond acceptors (Lipinski definition) is 7. The zero-order valence-electron chi connectivity index (χ0n) is 18.0. The Kier molecular flexibility index (Phi) is 6.38. The van der Waals surface area contributed by atoms with E-state index in [4.69, 9.17) is 5.73 Å². The van der Waals surface area contributed by atoms with Crippen molar-refractivity contribution in [3.8, 4) is 0 Å². The molecule has 12 heteroatoms. The highest BCUT2D eigenvalue weighted by Gasteiger charge is 2.34. The van der Waals surface area contributed by atoms with E-state index in [2.05, 4.69) is 5.32 Å². The van der Waals surface area contributed by atoms with Crippen LogP contribution in [0, 0.1) is 5.92 Å². The Bertz CT molecular complexity index is 1320. The zero-order valence-corrected chi connectivity index (χ0v) is 20.5. The van der Waals surface area contributed by atoms with Crippen LogP contribution in [0.2, 0.25) is 0 Å². The Morgan fingerprint density at radius 1 is 1.09 bits per heavy atom. The van der Waals surface area contributed by atoms with Crippen LogP contribution in [0.15, 0.2) is 34.1 Å². The van der Waals surface area contributed by atoms with E-state index in [0.717, 1.165) is 42.0 Å². The first-order chi connectivity index (χ1) is 15.5.